The summed E-state index contributed by atoms with van der Waals surface area (Å²) in [5, 5.41) is 10.8. The molecule has 0 aliphatic heterocycles. The molecule has 3 rings (SSSR count). The Labute approximate surface area is 192 Å². The number of aliphatic hydroxyl groups is 1. The summed E-state index contributed by atoms with van der Waals surface area (Å²) in [5.74, 6) is 0.269. The minimum atomic E-state index is -1.07. The zero-order valence-electron chi connectivity index (χ0n) is 18.2. The third-order valence-corrected chi connectivity index (χ3v) is 5.05. The molecule has 32 heavy (non-hydrogen) atoms. The van der Waals surface area contributed by atoms with E-state index in [1.807, 2.05) is 42.5 Å². The molecule has 0 atom stereocenters. The van der Waals surface area contributed by atoms with E-state index in [2.05, 4.69) is 0 Å². The first-order valence-corrected chi connectivity index (χ1v) is 10.7. The van der Waals surface area contributed by atoms with E-state index in [1.165, 1.54) is 22.9 Å². The second kappa shape index (κ2) is 10.5. The first-order valence-electron chi connectivity index (χ1n) is 10.4. The maximum atomic E-state index is 13.3. The summed E-state index contributed by atoms with van der Waals surface area (Å²) >= 11 is 6.09. The Balaban J connectivity index is 1.76. The van der Waals surface area contributed by atoms with Crippen LogP contribution in [0.3, 0.4) is 0 Å². The van der Waals surface area contributed by atoms with E-state index in [1.54, 1.807) is 30.9 Å². The van der Waals surface area contributed by atoms with E-state index in [0.717, 1.165) is 5.56 Å². The Hall–Kier alpha value is -3.09. The summed E-state index contributed by atoms with van der Waals surface area (Å²) in [6, 6.07) is 19.6. The van der Waals surface area contributed by atoms with Crippen LogP contribution >= 0.6 is 11.6 Å². The van der Waals surface area contributed by atoms with E-state index >= 15 is 0 Å². The van der Waals surface area contributed by atoms with Crippen LogP contribution in [0.2, 0.25) is 5.02 Å². The highest BCUT2D eigenvalue weighted by Crippen LogP contribution is 2.23. The molecule has 0 aliphatic carbocycles. The van der Waals surface area contributed by atoms with Crippen molar-refractivity contribution < 1.29 is 14.6 Å². The molecule has 0 saturated heterocycles. The fraction of sp³-hybridized carbons (Fsp3) is 0.280. The number of carbonyl (C=O) groups is 1. The lowest BCUT2D eigenvalue weighted by atomic mass is 10.1. The molecule has 0 radical (unpaired) electrons. The first-order chi connectivity index (χ1) is 15.2. The van der Waals surface area contributed by atoms with E-state index in [-0.39, 0.29) is 31.2 Å². The molecule has 1 amide bonds. The highest BCUT2D eigenvalue weighted by molar-refractivity contribution is 6.32. The van der Waals surface area contributed by atoms with Crippen LogP contribution in [-0.4, -0.2) is 39.2 Å². The van der Waals surface area contributed by atoms with Crippen molar-refractivity contribution in [2.24, 2.45) is 0 Å². The lowest BCUT2D eigenvalue weighted by molar-refractivity contribution is 0.0279. The number of halogens is 1. The maximum Gasteiger partial charge on any atom is 0.255 e. The van der Waals surface area contributed by atoms with Gasteiger partial charge in [0.1, 0.15) is 12.4 Å². The van der Waals surface area contributed by atoms with Crippen molar-refractivity contribution in [2.75, 3.05) is 13.2 Å². The second-order valence-electron chi connectivity index (χ2n) is 8.19. The largest absolute Gasteiger partial charge is 0.490 e. The summed E-state index contributed by atoms with van der Waals surface area (Å²) in [6.45, 7) is 4.29. The fourth-order valence-corrected chi connectivity index (χ4v) is 3.49. The molecule has 7 heteroatoms. The molecule has 0 fully saturated rings. The molecule has 3 aromatic rings. The van der Waals surface area contributed by atoms with Crippen molar-refractivity contribution in [2.45, 2.75) is 32.5 Å². The average Bonchev–Trinajstić information content (AvgIpc) is 2.75. The Morgan fingerprint density at radius 1 is 1.06 bits per heavy atom. The van der Waals surface area contributed by atoms with Crippen molar-refractivity contribution >= 4 is 17.5 Å². The highest BCUT2D eigenvalue weighted by atomic mass is 35.5. The van der Waals surface area contributed by atoms with Crippen LogP contribution in [0.5, 0.6) is 5.75 Å². The minimum absolute atomic E-state index is 0.148. The Morgan fingerprint density at radius 2 is 1.75 bits per heavy atom. The van der Waals surface area contributed by atoms with Gasteiger partial charge in [-0.1, -0.05) is 54.1 Å². The monoisotopic (exact) mass is 454 g/mol. The van der Waals surface area contributed by atoms with Crippen molar-refractivity contribution in [3.8, 4) is 5.75 Å². The topological polar surface area (TPSA) is 71.8 Å². The van der Waals surface area contributed by atoms with Crippen LogP contribution in [0.1, 0.15) is 29.8 Å². The molecular weight excluding hydrogens is 428 g/mol. The van der Waals surface area contributed by atoms with Gasteiger partial charge in [0.15, 0.2) is 0 Å². The van der Waals surface area contributed by atoms with Crippen molar-refractivity contribution in [3.63, 3.8) is 0 Å². The number of aromatic nitrogens is 1. The van der Waals surface area contributed by atoms with Crippen LogP contribution in [0.4, 0.5) is 0 Å². The minimum Gasteiger partial charge on any atom is -0.490 e. The lowest BCUT2D eigenvalue weighted by Gasteiger charge is -2.29. The van der Waals surface area contributed by atoms with Crippen LogP contribution in [0.15, 0.2) is 77.7 Å². The first kappa shape index (κ1) is 23.6. The molecule has 1 N–H and O–H groups in total. The molecule has 0 unspecified atom stereocenters. The van der Waals surface area contributed by atoms with E-state index in [9.17, 15) is 14.7 Å². The van der Waals surface area contributed by atoms with E-state index in [0.29, 0.717) is 22.9 Å². The molecule has 168 valence electrons. The highest BCUT2D eigenvalue weighted by Gasteiger charge is 2.24. The van der Waals surface area contributed by atoms with Crippen LogP contribution < -0.4 is 10.3 Å². The third-order valence-electron chi connectivity index (χ3n) is 4.74. The number of amides is 1. The van der Waals surface area contributed by atoms with Gasteiger partial charge in [-0.15, -0.1) is 0 Å². The van der Waals surface area contributed by atoms with Crippen LogP contribution in [-0.2, 0) is 13.1 Å². The molecule has 0 saturated carbocycles. The number of nitrogens with zero attached hydrogens (tertiary/aromatic N) is 2. The number of rotatable bonds is 9. The molecule has 6 nitrogen and oxygen atoms in total. The SMILES string of the molecule is CC(C)(O)CN(Cc1ccccc1)C(=O)c1ccc(=O)n(CCOc2ccccc2Cl)c1. The maximum absolute atomic E-state index is 13.3. The summed E-state index contributed by atoms with van der Waals surface area (Å²) in [4.78, 5) is 27.2. The van der Waals surface area contributed by atoms with Gasteiger partial charge >= 0.3 is 0 Å². The van der Waals surface area contributed by atoms with E-state index in [4.69, 9.17) is 16.3 Å². The number of benzene rings is 2. The zero-order valence-corrected chi connectivity index (χ0v) is 19.0. The molecule has 0 spiro atoms. The summed E-state index contributed by atoms with van der Waals surface area (Å²) in [6.07, 6.45) is 1.53. The van der Waals surface area contributed by atoms with Crippen molar-refractivity contribution in [1.82, 2.24) is 9.47 Å². The normalized spacial score (nSPS) is 11.2. The predicted octanol–water partition coefficient (Wildman–Crippen LogP) is 3.99. The van der Waals surface area contributed by atoms with Gasteiger partial charge < -0.3 is 19.3 Å². The van der Waals surface area contributed by atoms with Gasteiger partial charge in [-0.3, -0.25) is 9.59 Å². The van der Waals surface area contributed by atoms with Crippen molar-refractivity contribution in [3.05, 3.63) is 99.4 Å². The molecule has 2 aromatic carbocycles. The molecule has 0 aliphatic rings. The van der Waals surface area contributed by atoms with Gasteiger partial charge in [0, 0.05) is 25.4 Å². The van der Waals surface area contributed by atoms with Gasteiger partial charge in [-0.2, -0.15) is 0 Å². The number of hydrogen-bond acceptors (Lipinski definition) is 4. The lowest BCUT2D eigenvalue weighted by Crippen LogP contribution is -2.42. The Bertz CT molecular complexity index is 1110. The summed E-state index contributed by atoms with van der Waals surface area (Å²) in [7, 11) is 0. The number of pyridine rings is 1. The zero-order chi connectivity index (χ0) is 23.1. The average molecular weight is 455 g/mol. The van der Waals surface area contributed by atoms with Crippen LogP contribution in [0.25, 0.3) is 0 Å². The van der Waals surface area contributed by atoms with Crippen molar-refractivity contribution in [1.29, 1.82) is 0 Å². The molecule has 1 heterocycles. The predicted molar refractivity (Wildman–Crippen MR) is 125 cm³/mol. The summed E-state index contributed by atoms with van der Waals surface area (Å²) in [5.41, 5.74) is 0.0114. The Morgan fingerprint density at radius 3 is 2.44 bits per heavy atom. The van der Waals surface area contributed by atoms with Gasteiger partial charge in [-0.25, -0.2) is 0 Å². The molecular formula is C25H27ClN2O4. The fourth-order valence-electron chi connectivity index (χ4n) is 3.30. The van der Waals surface area contributed by atoms with Crippen LogP contribution in [0, 0.1) is 0 Å². The molecule has 0 bridgehead atoms. The Kier molecular flexibility index (Phi) is 7.72. The smallest absolute Gasteiger partial charge is 0.255 e. The van der Waals surface area contributed by atoms with Gasteiger partial charge in [0.25, 0.3) is 11.5 Å². The summed E-state index contributed by atoms with van der Waals surface area (Å²) < 4.78 is 7.11. The third kappa shape index (κ3) is 6.70. The number of ether oxygens (including phenoxy) is 1. The van der Waals surface area contributed by atoms with E-state index < -0.39 is 5.60 Å². The standard InChI is InChI=1S/C25H27ClN2O4/c1-25(2,31)18-28(16-19-8-4-3-5-9-19)24(30)20-12-13-23(29)27(17-20)14-15-32-22-11-7-6-10-21(22)26/h3-13,17,31H,14-16,18H2,1-2H3. The molecule has 1 aromatic heterocycles. The quantitative estimate of drug-likeness (QED) is 0.530. The second-order valence-corrected chi connectivity index (χ2v) is 8.59. The van der Waals surface area contributed by atoms with Gasteiger partial charge in [0.05, 0.1) is 22.7 Å². The number of carbonyl (C=O) groups excluding carboxylic acids is 1. The number of para-hydroxylation sites is 1. The van der Waals surface area contributed by atoms with Gasteiger partial charge in [0.2, 0.25) is 0 Å². The van der Waals surface area contributed by atoms with Gasteiger partial charge in [-0.05, 0) is 37.6 Å². The number of hydrogen-bond donors (Lipinski definition) is 1.